The van der Waals surface area contributed by atoms with Crippen LogP contribution in [-0.4, -0.2) is 62.9 Å². The van der Waals surface area contributed by atoms with Gasteiger partial charge in [-0.05, 0) is 69.8 Å². The number of nitrogens with one attached hydrogen (secondary N) is 2. The van der Waals surface area contributed by atoms with Crippen molar-refractivity contribution in [3.05, 3.63) is 65.9 Å². The van der Waals surface area contributed by atoms with Crippen molar-refractivity contribution >= 4 is 17.7 Å². The van der Waals surface area contributed by atoms with E-state index in [1.165, 1.54) is 5.01 Å². The summed E-state index contributed by atoms with van der Waals surface area (Å²) >= 11 is 0. The molecule has 0 radical (unpaired) electrons. The zero-order valence-electron chi connectivity index (χ0n) is 20.7. The van der Waals surface area contributed by atoms with Gasteiger partial charge in [-0.2, -0.15) is 0 Å². The highest BCUT2D eigenvalue weighted by molar-refractivity contribution is 5.96. The first kappa shape index (κ1) is 26.1. The maximum atomic E-state index is 13.2. The Balaban J connectivity index is 1.63. The van der Waals surface area contributed by atoms with Crippen LogP contribution < -0.4 is 20.2 Å². The smallest absolute Gasteiger partial charge is 0.411 e. The summed E-state index contributed by atoms with van der Waals surface area (Å²) in [6.45, 7) is 3.60. The summed E-state index contributed by atoms with van der Waals surface area (Å²) in [5.41, 5.74) is 5.16. The Labute approximate surface area is 206 Å². The van der Waals surface area contributed by atoms with Crippen LogP contribution in [0.3, 0.4) is 0 Å². The quantitative estimate of drug-likeness (QED) is 0.491. The van der Waals surface area contributed by atoms with E-state index in [4.69, 9.17) is 14.2 Å². The van der Waals surface area contributed by atoms with Crippen LogP contribution >= 0.6 is 0 Å². The van der Waals surface area contributed by atoms with Crippen molar-refractivity contribution < 1.29 is 23.8 Å². The van der Waals surface area contributed by atoms with Crippen LogP contribution in [0.5, 0.6) is 11.5 Å². The van der Waals surface area contributed by atoms with E-state index in [0.717, 1.165) is 18.5 Å². The predicted molar refractivity (Wildman–Crippen MR) is 135 cm³/mol. The van der Waals surface area contributed by atoms with Gasteiger partial charge in [0.25, 0.3) is 5.91 Å². The Morgan fingerprint density at radius 2 is 2.00 bits per heavy atom. The van der Waals surface area contributed by atoms with Crippen LogP contribution in [0.2, 0.25) is 0 Å². The van der Waals surface area contributed by atoms with E-state index in [-0.39, 0.29) is 11.9 Å². The molecule has 2 aromatic carbocycles. The van der Waals surface area contributed by atoms with Crippen molar-refractivity contribution in [1.29, 1.82) is 0 Å². The van der Waals surface area contributed by atoms with Crippen LogP contribution in [0.15, 0.2) is 54.7 Å². The zero-order valence-corrected chi connectivity index (χ0v) is 20.7. The summed E-state index contributed by atoms with van der Waals surface area (Å²) in [7, 11) is 5.53. The van der Waals surface area contributed by atoms with Crippen molar-refractivity contribution in [2.24, 2.45) is 0 Å². The van der Waals surface area contributed by atoms with Gasteiger partial charge in [-0.3, -0.25) is 10.1 Å². The second kappa shape index (κ2) is 12.8. The number of rotatable bonds is 10. The summed E-state index contributed by atoms with van der Waals surface area (Å²) in [5.74, 6) is 1.08. The largest absolute Gasteiger partial charge is 0.493 e. The molecule has 0 saturated carbocycles. The van der Waals surface area contributed by atoms with Crippen LogP contribution in [0.25, 0.3) is 0 Å². The average molecular weight is 483 g/mol. The number of methoxy groups -OCH3 is 1. The molecule has 2 N–H and O–H groups in total. The van der Waals surface area contributed by atoms with Gasteiger partial charge in [0.1, 0.15) is 0 Å². The van der Waals surface area contributed by atoms with Crippen molar-refractivity contribution in [1.82, 2.24) is 15.3 Å². The molecule has 1 aliphatic heterocycles. The first-order valence-electron chi connectivity index (χ1n) is 11.7. The van der Waals surface area contributed by atoms with Crippen LogP contribution in [0.4, 0.5) is 10.5 Å². The molecule has 188 valence electrons. The number of hydrogen-bond acceptors (Lipinski definition) is 7. The van der Waals surface area contributed by atoms with E-state index in [1.807, 2.05) is 50.2 Å². The first-order chi connectivity index (χ1) is 16.9. The van der Waals surface area contributed by atoms with E-state index in [2.05, 4.69) is 10.7 Å². The van der Waals surface area contributed by atoms with Gasteiger partial charge in [-0.1, -0.05) is 18.2 Å². The monoisotopic (exact) mass is 482 g/mol. The Morgan fingerprint density at radius 3 is 2.74 bits per heavy atom. The van der Waals surface area contributed by atoms with Crippen LogP contribution in [0, 0.1) is 0 Å². The number of amides is 2. The van der Waals surface area contributed by atoms with E-state index >= 15 is 0 Å². The van der Waals surface area contributed by atoms with Gasteiger partial charge in [0.05, 0.1) is 26.4 Å². The molecule has 35 heavy (non-hydrogen) atoms. The zero-order chi connectivity index (χ0) is 25.2. The van der Waals surface area contributed by atoms with E-state index in [1.54, 1.807) is 37.6 Å². The lowest BCUT2D eigenvalue weighted by Crippen LogP contribution is -2.43. The number of carbonyl (C=O) groups excluding carboxylic acids is 2. The molecule has 0 fully saturated rings. The van der Waals surface area contributed by atoms with Gasteiger partial charge in [0.15, 0.2) is 11.5 Å². The van der Waals surface area contributed by atoms with Crippen molar-refractivity contribution in [2.45, 2.75) is 25.8 Å². The molecule has 3 rings (SSSR count). The van der Waals surface area contributed by atoms with Crippen molar-refractivity contribution in [3.63, 3.8) is 0 Å². The number of hydrazine groups is 1. The summed E-state index contributed by atoms with van der Waals surface area (Å²) < 4.78 is 16.3. The minimum atomic E-state index is -0.547. The topological polar surface area (TPSA) is 92.4 Å². The molecule has 2 amide bonds. The highest BCUT2D eigenvalue weighted by Gasteiger charge is 2.23. The first-order valence-corrected chi connectivity index (χ1v) is 11.7. The van der Waals surface area contributed by atoms with Gasteiger partial charge >= 0.3 is 6.09 Å². The normalized spacial score (nSPS) is 15.1. The molecule has 1 aliphatic rings. The SMILES string of the molecule is CCOc1cc(C2CC=CN(C(=O)c3cccc(NC(=O)OCCCN(C)C)c3)N2)ccc1OC. The minimum Gasteiger partial charge on any atom is -0.493 e. The Morgan fingerprint density at radius 1 is 1.17 bits per heavy atom. The summed E-state index contributed by atoms with van der Waals surface area (Å²) in [4.78, 5) is 27.3. The van der Waals surface area contributed by atoms with Gasteiger partial charge in [0, 0.05) is 24.0 Å². The van der Waals surface area contributed by atoms with E-state index in [9.17, 15) is 9.59 Å². The molecule has 2 aromatic rings. The molecule has 0 spiro atoms. The van der Waals surface area contributed by atoms with Crippen molar-refractivity contribution in [2.75, 3.05) is 46.3 Å². The molecule has 9 heteroatoms. The standard InChI is InChI=1S/C26H34N4O5/c1-5-34-24-18-19(12-13-23(24)33-4)22-11-7-15-30(28-22)25(31)20-9-6-10-21(17-20)27-26(32)35-16-8-14-29(2)3/h6-7,9-10,12-13,15,17-18,22,28H,5,8,11,14,16H2,1-4H3,(H,27,32). The lowest BCUT2D eigenvalue weighted by atomic mass is 10.0. The summed E-state index contributed by atoms with van der Waals surface area (Å²) in [6.07, 6.45) is 4.56. The predicted octanol–water partition coefficient (Wildman–Crippen LogP) is 4.20. The van der Waals surface area contributed by atoms with Gasteiger partial charge in [0.2, 0.25) is 0 Å². The molecule has 9 nitrogen and oxygen atoms in total. The molecule has 0 aliphatic carbocycles. The third-order valence-electron chi connectivity index (χ3n) is 5.37. The summed E-state index contributed by atoms with van der Waals surface area (Å²) in [5, 5.41) is 4.14. The molecular formula is C26H34N4O5. The number of carbonyl (C=O) groups is 2. The fourth-order valence-corrected chi connectivity index (χ4v) is 3.65. The third kappa shape index (κ3) is 7.46. The maximum Gasteiger partial charge on any atom is 0.411 e. The van der Waals surface area contributed by atoms with Gasteiger partial charge in [-0.25, -0.2) is 15.2 Å². The number of anilines is 1. The second-order valence-electron chi connectivity index (χ2n) is 8.32. The van der Waals surface area contributed by atoms with E-state index < -0.39 is 6.09 Å². The molecule has 1 heterocycles. The van der Waals surface area contributed by atoms with Gasteiger partial charge in [-0.15, -0.1) is 0 Å². The van der Waals surface area contributed by atoms with Gasteiger partial charge < -0.3 is 19.1 Å². The lowest BCUT2D eigenvalue weighted by molar-refractivity contribution is 0.0713. The molecule has 1 unspecified atom stereocenters. The molecule has 0 aromatic heterocycles. The fourth-order valence-electron chi connectivity index (χ4n) is 3.65. The maximum absolute atomic E-state index is 13.2. The minimum absolute atomic E-state index is 0.118. The van der Waals surface area contributed by atoms with Crippen LogP contribution in [0.1, 0.15) is 41.7 Å². The highest BCUT2D eigenvalue weighted by atomic mass is 16.5. The fraction of sp³-hybridized carbons (Fsp3) is 0.385. The highest BCUT2D eigenvalue weighted by Crippen LogP contribution is 2.32. The second-order valence-corrected chi connectivity index (χ2v) is 8.32. The Kier molecular flexibility index (Phi) is 9.51. The third-order valence-corrected chi connectivity index (χ3v) is 5.37. The molecule has 1 atom stereocenters. The molecule has 0 bridgehead atoms. The summed E-state index contributed by atoms with van der Waals surface area (Å²) in [6, 6.07) is 12.4. The van der Waals surface area contributed by atoms with Crippen LogP contribution in [-0.2, 0) is 4.74 Å². The average Bonchev–Trinajstić information content (AvgIpc) is 2.86. The van der Waals surface area contributed by atoms with Crippen molar-refractivity contribution in [3.8, 4) is 11.5 Å². The lowest BCUT2D eigenvalue weighted by Gasteiger charge is -2.30. The van der Waals surface area contributed by atoms with E-state index in [0.29, 0.717) is 42.4 Å². The number of benzene rings is 2. The number of ether oxygens (including phenoxy) is 3. The number of hydrogen-bond donors (Lipinski definition) is 2. The Bertz CT molecular complexity index is 1040. The molecule has 0 saturated heterocycles. The number of nitrogens with zero attached hydrogens (tertiary/aromatic N) is 2. The molecular weight excluding hydrogens is 448 g/mol. The Hall–Kier alpha value is -3.56.